The van der Waals surface area contributed by atoms with E-state index in [2.05, 4.69) is 33.4 Å². The molecular formula is C26H29N3O3. The van der Waals surface area contributed by atoms with Crippen LogP contribution in [0.2, 0.25) is 0 Å². The SMILES string of the molecule is C[C@@H](O)c1ccccc1N(C)c1ccc2c(c1)CCC[C@H]2CNc1cnccc1C(=O)O. The summed E-state index contributed by atoms with van der Waals surface area (Å²) in [6.07, 6.45) is 5.71. The zero-order valence-electron chi connectivity index (χ0n) is 18.5. The smallest absolute Gasteiger partial charge is 0.337 e. The van der Waals surface area contributed by atoms with Gasteiger partial charge in [0, 0.05) is 42.6 Å². The molecule has 1 aromatic heterocycles. The van der Waals surface area contributed by atoms with E-state index < -0.39 is 12.1 Å². The Labute approximate surface area is 188 Å². The van der Waals surface area contributed by atoms with Crippen molar-refractivity contribution in [1.29, 1.82) is 0 Å². The number of nitrogens with zero attached hydrogens (tertiary/aromatic N) is 2. The lowest BCUT2D eigenvalue weighted by molar-refractivity contribution is 0.0697. The lowest BCUT2D eigenvalue weighted by Crippen LogP contribution is -2.20. The minimum Gasteiger partial charge on any atom is -0.478 e. The van der Waals surface area contributed by atoms with Crippen molar-refractivity contribution in [2.45, 2.75) is 38.2 Å². The summed E-state index contributed by atoms with van der Waals surface area (Å²) < 4.78 is 0. The van der Waals surface area contributed by atoms with Crippen molar-refractivity contribution in [3.05, 3.63) is 83.2 Å². The summed E-state index contributed by atoms with van der Waals surface area (Å²) in [5.41, 5.74) is 6.42. The lowest BCUT2D eigenvalue weighted by atomic mass is 9.82. The average molecular weight is 432 g/mol. The van der Waals surface area contributed by atoms with Gasteiger partial charge in [0.05, 0.1) is 23.6 Å². The molecule has 1 heterocycles. The number of aromatic carboxylic acids is 1. The van der Waals surface area contributed by atoms with Crippen LogP contribution in [0.5, 0.6) is 0 Å². The number of anilines is 3. The van der Waals surface area contributed by atoms with Gasteiger partial charge in [-0.15, -0.1) is 0 Å². The van der Waals surface area contributed by atoms with Crippen molar-refractivity contribution in [3.63, 3.8) is 0 Å². The Bertz CT molecular complexity index is 1110. The van der Waals surface area contributed by atoms with E-state index in [1.165, 1.54) is 23.4 Å². The van der Waals surface area contributed by atoms with Crippen molar-refractivity contribution in [3.8, 4) is 0 Å². The number of aliphatic hydroxyl groups is 1. The van der Waals surface area contributed by atoms with E-state index in [0.29, 0.717) is 18.2 Å². The molecule has 1 aliphatic rings. The fraction of sp³-hybridized carbons (Fsp3) is 0.308. The summed E-state index contributed by atoms with van der Waals surface area (Å²) >= 11 is 0. The Hall–Kier alpha value is -3.38. The van der Waals surface area contributed by atoms with Crippen LogP contribution in [0.25, 0.3) is 0 Å². The number of pyridine rings is 1. The third-order valence-electron chi connectivity index (χ3n) is 6.29. The van der Waals surface area contributed by atoms with Crippen molar-refractivity contribution >= 4 is 23.0 Å². The summed E-state index contributed by atoms with van der Waals surface area (Å²) in [6, 6.07) is 16.0. The van der Waals surface area contributed by atoms with Crippen molar-refractivity contribution in [2.75, 3.05) is 23.8 Å². The van der Waals surface area contributed by atoms with Gasteiger partial charge in [0.1, 0.15) is 0 Å². The Balaban J connectivity index is 1.55. The van der Waals surface area contributed by atoms with Crippen molar-refractivity contribution < 1.29 is 15.0 Å². The normalized spacial score (nSPS) is 16.2. The van der Waals surface area contributed by atoms with E-state index in [9.17, 15) is 15.0 Å². The van der Waals surface area contributed by atoms with Crippen LogP contribution < -0.4 is 10.2 Å². The van der Waals surface area contributed by atoms with Gasteiger partial charge in [-0.3, -0.25) is 4.98 Å². The molecule has 0 bridgehead atoms. The summed E-state index contributed by atoms with van der Waals surface area (Å²) in [5, 5.41) is 22.9. The molecule has 0 spiro atoms. The van der Waals surface area contributed by atoms with Crippen LogP contribution in [0.4, 0.5) is 17.1 Å². The van der Waals surface area contributed by atoms with Crippen molar-refractivity contribution in [2.24, 2.45) is 0 Å². The van der Waals surface area contributed by atoms with E-state index >= 15 is 0 Å². The highest BCUT2D eigenvalue weighted by atomic mass is 16.4. The molecule has 0 saturated carbocycles. The molecule has 0 amide bonds. The molecule has 2 atom stereocenters. The number of carboxylic acids is 1. The highest BCUT2D eigenvalue weighted by Gasteiger charge is 2.22. The molecule has 0 aliphatic heterocycles. The Morgan fingerprint density at radius 1 is 1.25 bits per heavy atom. The molecule has 166 valence electrons. The number of aryl methyl sites for hydroxylation is 1. The zero-order valence-corrected chi connectivity index (χ0v) is 18.5. The number of carboxylic acid groups (broad SMARTS) is 1. The van der Waals surface area contributed by atoms with E-state index in [0.717, 1.165) is 36.2 Å². The van der Waals surface area contributed by atoms with Crippen LogP contribution in [0, 0.1) is 0 Å². The molecule has 32 heavy (non-hydrogen) atoms. The zero-order chi connectivity index (χ0) is 22.7. The fourth-order valence-electron chi connectivity index (χ4n) is 4.56. The van der Waals surface area contributed by atoms with E-state index in [4.69, 9.17) is 0 Å². The van der Waals surface area contributed by atoms with E-state index in [1.807, 2.05) is 31.3 Å². The molecule has 6 heteroatoms. The molecule has 3 aromatic rings. The monoisotopic (exact) mass is 431 g/mol. The standard InChI is InChI=1S/C26H29N3O3/c1-17(30)21-8-3-4-9-25(21)29(2)20-10-11-22-18(14-20)6-5-7-19(22)15-28-24-16-27-13-12-23(24)26(31)32/h3-4,8-14,16-17,19,28,30H,5-7,15H2,1-2H3,(H,31,32)/t17-,19+/m1/s1. The third kappa shape index (κ3) is 4.46. The van der Waals surface area contributed by atoms with Crippen LogP contribution >= 0.6 is 0 Å². The summed E-state index contributed by atoms with van der Waals surface area (Å²) in [5.74, 6) is -0.645. The first kappa shape index (κ1) is 21.8. The highest BCUT2D eigenvalue weighted by molar-refractivity contribution is 5.93. The molecular weight excluding hydrogens is 402 g/mol. The molecule has 0 saturated heterocycles. The number of hydrogen-bond donors (Lipinski definition) is 3. The first-order valence-electron chi connectivity index (χ1n) is 11.0. The second kappa shape index (κ2) is 9.40. The largest absolute Gasteiger partial charge is 0.478 e. The molecule has 0 fully saturated rings. The Kier molecular flexibility index (Phi) is 6.42. The van der Waals surface area contributed by atoms with Crippen molar-refractivity contribution in [1.82, 2.24) is 4.98 Å². The number of hydrogen-bond acceptors (Lipinski definition) is 5. The average Bonchev–Trinajstić information content (AvgIpc) is 2.81. The van der Waals surface area contributed by atoms with Gasteiger partial charge < -0.3 is 20.4 Å². The topological polar surface area (TPSA) is 85.7 Å². The molecule has 0 unspecified atom stereocenters. The van der Waals surface area contributed by atoms with Crippen LogP contribution in [0.3, 0.4) is 0 Å². The maximum absolute atomic E-state index is 11.5. The molecule has 2 aromatic carbocycles. The number of nitrogens with one attached hydrogen (secondary N) is 1. The second-order valence-electron chi connectivity index (χ2n) is 8.37. The van der Waals surface area contributed by atoms with Crippen LogP contribution in [0.1, 0.15) is 58.8 Å². The van der Waals surface area contributed by atoms with Crippen LogP contribution in [-0.4, -0.2) is 34.8 Å². The Morgan fingerprint density at radius 3 is 2.84 bits per heavy atom. The second-order valence-corrected chi connectivity index (χ2v) is 8.37. The predicted octanol–water partition coefficient (Wildman–Crippen LogP) is 5.13. The number of fused-ring (bicyclic) bond motifs is 1. The summed E-state index contributed by atoms with van der Waals surface area (Å²) in [4.78, 5) is 17.7. The summed E-state index contributed by atoms with van der Waals surface area (Å²) in [7, 11) is 2.03. The van der Waals surface area contributed by atoms with Gasteiger partial charge in [0.15, 0.2) is 0 Å². The molecule has 0 radical (unpaired) electrons. The number of carbonyl (C=O) groups is 1. The first-order valence-corrected chi connectivity index (χ1v) is 11.0. The summed E-state index contributed by atoms with van der Waals surface area (Å²) in [6.45, 7) is 2.45. The van der Waals surface area contributed by atoms with Gasteiger partial charge in [-0.05, 0) is 61.6 Å². The number of para-hydroxylation sites is 1. The minimum absolute atomic E-state index is 0.241. The predicted molar refractivity (Wildman–Crippen MR) is 127 cm³/mol. The quantitative estimate of drug-likeness (QED) is 0.481. The van der Waals surface area contributed by atoms with Gasteiger partial charge >= 0.3 is 5.97 Å². The molecule has 1 aliphatic carbocycles. The number of rotatable bonds is 7. The van der Waals surface area contributed by atoms with Crippen LogP contribution in [-0.2, 0) is 6.42 Å². The van der Waals surface area contributed by atoms with Gasteiger partial charge in [-0.25, -0.2) is 4.79 Å². The molecule has 4 rings (SSSR count). The number of aromatic nitrogens is 1. The van der Waals surface area contributed by atoms with E-state index in [-0.39, 0.29) is 5.56 Å². The lowest BCUT2D eigenvalue weighted by Gasteiger charge is -2.29. The Morgan fingerprint density at radius 2 is 2.06 bits per heavy atom. The maximum Gasteiger partial charge on any atom is 0.337 e. The maximum atomic E-state index is 11.5. The number of aliphatic hydroxyl groups excluding tert-OH is 1. The number of benzene rings is 2. The highest BCUT2D eigenvalue weighted by Crippen LogP contribution is 2.37. The first-order chi connectivity index (χ1) is 15.5. The van der Waals surface area contributed by atoms with Gasteiger partial charge in [-0.2, -0.15) is 0 Å². The van der Waals surface area contributed by atoms with Crippen LogP contribution in [0.15, 0.2) is 60.9 Å². The van der Waals surface area contributed by atoms with Gasteiger partial charge in [-0.1, -0.05) is 24.3 Å². The van der Waals surface area contributed by atoms with E-state index in [1.54, 1.807) is 13.1 Å². The fourth-order valence-corrected chi connectivity index (χ4v) is 4.56. The van der Waals surface area contributed by atoms with Gasteiger partial charge in [0.2, 0.25) is 0 Å². The molecule has 3 N–H and O–H groups in total. The minimum atomic E-state index is -0.955. The third-order valence-corrected chi connectivity index (χ3v) is 6.29. The molecule has 6 nitrogen and oxygen atoms in total. The van der Waals surface area contributed by atoms with Gasteiger partial charge in [0.25, 0.3) is 0 Å².